The number of amides is 1. The monoisotopic (exact) mass is 231 g/mol. The fraction of sp³-hybridized carbons (Fsp3) is 0.900. The molecule has 3 N–H and O–H groups in total. The molecule has 0 aromatic rings. The van der Waals surface area contributed by atoms with E-state index in [1.165, 1.54) is 0 Å². The van der Waals surface area contributed by atoms with Crippen molar-refractivity contribution in [3.63, 3.8) is 0 Å². The Bertz CT molecular complexity index is 306. The van der Waals surface area contributed by atoms with Crippen LogP contribution in [0, 0.1) is 5.92 Å². The molecule has 2 aliphatic heterocycles. The summed E-state index contributed by atoms with van der Waals surface area (Å²) >= 11 is 0. The van der Waals surface area contributed by atoms with Gasteiger partial charge in [-0.25, -0.2) is 0 Å². The Morgan fingerprint density at radius 2 is 2.00 bits per heavy atom. The average Bonchev–Trinajstić information content (AvgIpc) is 2.46. The summed E-state index contributed by atoms with van der Waals surface area (Å²) in [6.07, 6.45) is -3.02. The van der Waals surface area contributed by atoms with Crippen molar-refractivity contribution >= 4 is 5.91 Å². The summed E-state index contributed by atoms with van der Waals surface area (Å²) < 4.78 is 16.4. The molecule has 0 saturated carbocycles. The molecule has 2 saturated heterocycles. The van der Waals surface area contributed by atoms with E-state index in [1.807, 2.05) is 0 Å². The van der Waals surface area contributed by atoms with E-state index in [4.69, 9.17) is 19.9 Å². The number of fused-ring (bicyclic) bond motifs is 1. The number of hydrogen-bond acceptors (Lipinski definition) is 5. The summed E-state index contributed by atoms with van der Waals surface area (Å²) in [4.78, 5) is 11.1. The van der Waals surface area contributed by atoms with E-state index in [2.05, 4.69) is 0 Å². The van der Waals surface area contributed by atoms with Gasteiger partial charge in [0.1, 0.15) is 6.10 Å². The number of ether oxygens (including phenoxy) is 3. The third-order valence-electron chi connectivity index (χ3n) is 3.02. The smallest absolute Gasteiger partial charge is 0.249 e. The molecule has 6 heteroatoms. The van der Waals surface area contributed by atoms with E-state index in [-0.39, 0.29) is 12.0 Å². The van der Waals surface area contributed by atoms with Gasteiger partial charge in [0.25, 0.3) is 0 Å². The lowest BCUT2D eigenvalue weighted by Gasteiger charge is -2.37. The molecular weight excluding hydrogens is 214 g/mol. The second-order valence-electron chi connectivity index (χ2n) is 4.78. The molecule has 2 rings (SSSR count). The minimum atomic E-state index is -1.03. The molecule has 0 spiro atoms. The predicted molar refractivity (Wildman–Crippen MR) is 53.1 cm³/mol. The number of primary amides is 1. The maximum absolute atomic E-state index is 11.1. The number of carbonyl (C=O) groups is 1. The van der Waals surface area contributed by atoms with Crippen molar-refractivity contribution in [1.29, 1.82) is 0 Å². The van der Waals surface area contributed by atoms with Crippen LogP contribution in [0.4, 0.5) is 0 Å². The van der Waals surface area contributed by atoms with E-state index < -0.39 is 30.2 Å². The summed E-state index contributed by atoms with van der Waals surface area (Å²) in [6.45, 7) is 5.30. The molecule has 0 bridgehead atoms. The summed E-state index contributed by atoms with van der Waals surface area (Å²) in [6, 6.07) is 0. The average molecular weight is 231 g/mol. The van der Waals surface area contributed by atoms with Crippen molar-refractivity contribution in [2.24, 2.45) is 11.7 Å². The zero-order valence-corrected chi connectivity index (χ0v) is 9.54. The molecule has 1 amide bonds. The van der Waals surface area contributed by atoms with E-state index in [0.717, 1.165) is 0 Å². The van der Waals surface area contributed by atoms with Crippen LogP contribution in [-0.2, 0) is 19.0 Å². The minimum absolute atomic E-state index is 0.266. The predicted octanol–water partition coefficient (Wildman–Crippen LogP) is -0.655. The van der Waals surface area contributed by atoms with Crippen molar-refractivity contribution in [2.75, 3.05) is 0 Å². The Balaban J connectivity index is 2.18. The fourth-order valence-corrected chi connectivity index (χ4v) is 2.15. The quantitative estimate of drug-likeness (QED) is 0.625. The zero-order valence-electron chi connectivity index (χ0n) is 9.54. The Hall–Kier alpha value is -0.690. The van der Waals surface area contributed by atoms with Crippen LogP contribution < -0.4 is 5.73 Å². The van der Waals surface area contributed by atoms with Gasteiger partial charge in [-0.15, -0.1) is 0 Å². The van der Waals surface area contributed by atoms with Crippen LogP contribution in [0.25, 0.3) is 0 Å². The van der Waals surface area contributed by atoms with E-state index in [1.54, 1.807) is 20.8 Å². The van der Waals surface area contributed by atoms with Crippen LogP contribution in [0.3, 0.4) is 0 Å². The van der Waals surface area contributed by atoms with Gasteiger partial charge in [0.2, 0.25) is 5.91 Å². The largest absolute Gasteiger partial charge is 0.389 e. The topological polar surface area (TPSA) is 91.0 Å². The third-order valence-corrected chi connectivity index (χ3v) is 3.02. The SMILES string of the molecule is C[C@@H]1C2OC(C)(C)O[C@@H]2OC(C(N)=O)[C@H]1O. The highest BCUT2D eigenvalue weighted by atomic mass is 16.8. The van der Waals surface area contributed by atoms with Crippen molar-refractivity contribution in [2.45, 2.75) is 51.2 Å². The first-order chi connectivity index (χ1) is 7.32. The van der Waals surface area contributed by atoms with E-state index in [0.29, 0.717) is 0 Å². The second kappa shape index (κ2) is 3.66. The summed E-state index contributed by atoms with van der Waals surface area (Å²) in [7, 11) is 0. The van der Waals surface area contributed by atoms with Gasteiger partial charge in [-0.2, -0.15) is 0 Å². The summed E-state index contributed by atoms with van der Waals surface area (Å²) in [5.74, 6) is -1.72. The summed E-state index contributed by atoms with van der Waals surface area (Å²) in [5.41, 5.74) is 5.15. The highest BCUT2D eigenvalue weighted by Gasteiger charge is 2.53. The lowest BCUT2D eigenvalue weighted by atomic mass is 9.90. The fourth-order valence-electron chi connectivity index (χ4n) is 2.15. The first-order valence-corrected chi connectivity index (χ1v) is 5.30. The lowest BCUT2D eigenvalue weighted by Crippen LogP contribution is -2.56. The molecule has 6 nitrogen and oxygen atoms in total. The second-order valence-corrected chi connectivity index (χ2v) is 4.78. The van der Waals surface area contributed by atoms with Crippen LogP contribution in [0.2, 0.25) is 0 Å². The third kappa shape index (κ3) is 1.82. The number of nitrogens with two attached hydrogens (primary N) is 1. The van der Waals surface area contributed by atoms with Gasteiger partial charge >= 0.3 is 0 Å². The van der Waals surface area contributed by atoms with Crippen molar-refractivity contribution in [3.05, 3.63) is 0 Å². The van der Waals surface area contributed by atoms with Crippen LogP contribution in [-0.4, -0.2) is 41.4 Å². The number of rotatable bonds is 1. The normalized spacial score (nSPS) is 46.4. The number of carbonyl (C=O) groups excluding carboxylic acids is 1. The van der Waals surface area contributed by atoms with Crippen molar-refractivity contribution in [1.82, 2.24) is 0 Å². The van der Waals surface area contributed by atoms with E-state index >= 15 is 0 Å². The van der Waals surface area contributed by atoms with Gasteiger partial charge in [-0.3, -0.25) is 4.79 Å². The maximum atomic E-state index is 11.1. The molecule has 0 aliphatic carbocycles. The summed E-state index contributed by atoms with van der Waals surface area (Å²) in [5, 5.41) is 9.86. The van der Waals surface area contributed by atoms with Crippen LogP contribution >= 0.6 is 0 Å². The standard InChI is InChI=1S/C10H17NO5/c1-4-5(12)7(8(11)13)14-9-6(4)15-10(2,3)16-9/h4-7,9,12H,1-3H3,(H2,11,13)/t4-,5-,6?,7?,9-/m0/s1. The van der Waals surface area contributed by atoms with Crippen LogP contribution in [0.1, 0.15) is 20.8 Å². The molecule has 0 radical (unpaired) electrons. The Morgan fingerprint density at radius 1 is 1.38 bits per heavy atom. The first kappa shape index (κ1) is 11.8. The van der Waals surface area contributed by atoms with Crippen molar-refractivity contribution < 1.29 is 24.1 Å². The van der Waals surface area contributed by atoms with Crippen LogP contribution in [0.5, 0.6) is 0 Å². The number of hydrogen-bond donors (Lipinski definition) is 2. The Morgan fingerprint density at radius 3 is 2.56 bits per heavy atom. The lowest BCUT2D eigenvalue weighted by molar-refractivity contribution is -0.234. The molecule has 92 valence electrons. The molecule has 0 aromatic carbocycles. The number of aliphatic hydroxyl groups excluding tert-OH is 1. The van der Waals surface area contributed by atoms with Gasteiger partial charge in [-0.05, 0) is 13.8 Å². The molecule has 2 fully saturated rings. The number of aliphatic hydroxyl groups is 1. The molecule has 2 heterocycles. The van der Waals surface area contributed by atoms with Gasteiger partial charge in [0, 0.05) is 5.92 Å². The van der Waals surface area contributed by atoms with Gasteiger partial charge in [-0.1, -0.05) is 6.92 Å². The molecule has 2 unspecified atom stereocenters. The van der Waals surface area contributed by atoms with Gasteiger partial charge in [0.15, 0.2) is 18.2 Å². The van der Waals surface area contributed by atoms with Gasteiger partial charge < -0.3 is 25.1 Å². The van der Waals surface area contributed by atoms with Crippen LogP contribution in [0.15, 0.2) is 0 Å². The van der Waals surface area contributed by atoms with Crippen molar-refractivity contribution in [3.8, 4) is 0 Å². The highest BCUT2D eigenvalue weighted by Crippen LogP contribution is 2.38. The Kier molecular flexibility index (Phi) is 2.70. The molecule has 16 heavy (non-hydrogen) atoms. The zero-order chi connectivity index (χ0) is 12.1. The minimum Gasteiger partial charge on any atom is -0.389 e. The maximum Gasteiger partial charge on any atom is 0.249 e. The Labute approximate surface area is 93.6 Å². The molecular formula is C10H17NO5. The highest BCUT2D eigenvalue weighted by molar-refractivity contribution is 5.79. The molecule has 2 aliphatic rings. The van der Waals surface area contributed by atoms with E-state index in [9.17, 15) is 9.90 Å². The molecule has 0 aromatic heterocycles. The first-order valence-electron chi connectivity index (χ1n) is 5.30. The molecule has 5 atom stereocenters. The van der Waals surface area contributed by atoms with Gasteiger partial charge in [0.05, 0.1) is 6.10 Å².